The molecule has 0 unspecified atom stereocenters. The van der Waals surface area contributed by atoms with Crippen molar-refractivity contribution in [3.8, 4) is 23.2 Å². The van der Waals surface area contributed by atoms with Gasteiger partial charge in [-0.05, 0) is 18.2 Å². The predicted octanol–water partition coefficient (Wildman–Crippen LogP) is 2.20. The number of methoxy groups -OCH3 is 1. The second-order valence-corrected chi connectivity index (χ2v) is 3.67. The predicted molar refractivity (Wildman–Crippen MR) is 68.2 cm³/mol. The number of aromatic nitrogens is 2. The first-order valence-electron chi connectivity index (χ1n) is 5.48. The van der Waals surface area contributed by atoms with Crippen molar-refractivity contribution in [2.24, 2.45) is 0 Å². The van der Waals surface area contributed by atoms with Crippen LogP contribution in [0, 0.1) is 17.1 Å². The smallest absolute Gasteiger partial charge is 0.166 e. The standard InChI is InChI=1S/C13H11FN4O/c1-16-12-6-9(7-15)17-13(18-12)10-5-8(14)3-4-11(10)19-2/h3-6H,1-2H3,(H,16,17,18). The highest BCUT2D eigenvalue weighted by atomic mass is 19.1. The summed E-state index contributed by atoms with van der Waals surface area (Å²) in [4.78, 5) is 8.26. The van der Waals surface area contributed by atoms with Crippen molar-refractivity contribution in [2.45, 2.75) is 0 Å². The molecule has 2 rings (SSSR count). The Balaban J connectivity index is 2.64. The Morgan fingerprint density at radius 3 is 2.74 bits per heavy atom. The number of rotatable bonds is 3. The Labute approximate surface area is 109 Å². The van der Waals surface area contributed by atoms with E-state index in [1.807, 2.05) is 6.07 Å². The molecule has 0 fully saturated rings. The maximum atomic E-state index is 13.3. The van der Waals surface area contributed by atoms with Crippen LogP contribution in [-0.4, -0.2) is 24.1 Å². The number of nitriles is 1. The van der Waals surface area contributed by atoms with Crippen LogP contribution in [0.25, 0.3) is 11.4 Å². The van der Waals surface area contributed by atoms with Gasteiger partial charge in [0.25, 0.3) is 0 Å². The van der Waals surface area contributed by atoms with Crippen LogP contribution in [0.3, 0.4) is 0 Å². The van der Waals surface area contributed by atoms with Crippen LogP contribution in [0.5, 0.6) is 5.75 Å². The van der Waals surface area contributed by atoms with Crippen LogP contribution in [0.15, 0.2) is 24.3 Å². The van der Waals surface area contributed by atoms with Crippen molar-refractivity contribution < 1.29 is 9.13 Å². The van der Waals surface area contributed by atoms with Gasteiger partial charge in [-0.1, -0.05) is 0 Å². The molecule has 1 aromatic heterocycles. The lowest BCUT2D eigenvalue weighted by Gasteiger charge is -2.09. The second kappa shape index (κ2) is 5.31. The molecule has 0 saturated carbocycles. The molecular formula is C13H11FN4O. The van der Waals surface area contributed by atoms with E-state index >= 15 is 0 Å². The number of nitrogens with one attached hydrogen (secondary N) is 1. The average molecular weight is 258 g/mol. The maximum Gasteiger partial charge on any atom is 0.166 e. The Hall–Kier alpha value is -2.68. The minimum Gasteiger partial charge on any atom is -0.496 e. The fourth-order valence-electron chi connectivity index (χ4n) is 1.61. The van der Waals surface area contributed by atoms with Crippen LogP contribution in [0.4, 0.5) is 10.2 Å². The lowest BCUT2D eigenvalue weighted by Crippen LogP contribution is -2.00. The molecule has 0 atom stereocenters. The van der Waals surface area contributed by atoms with E-state index in [4.69, 9.17) is 10.00 Å². The first-order chi connectivity index (χ1) is 9.17. The van der Waals surface area contributed by atoms with Crippen LogP contribution in [-0.2, 0) is 0 Å². The van der Waals surface area contributed by atoms with E-state index in [0.29, 0.717) is 17.1 Å². The monoisotopic (exact) mass is 258 g/mol. The number of ether oxygens (including phenoxy) is 1. The quantitative estimate of drug-likeness (QED) is 0.913. The number of hydrogen-bond donors (Lipinski definition) is 1. The minimum atomic E-state index is -0.423. The molecular weight excluding hydrogens is 247 g/mol. The van der Waals surface area contributed by atoms with Crippen molar-refractivity contribution >= 4 is 5.82 Å². The lowest BCUT2D eigenvalue weighted by atomic mass is 10.1. The normalized spacial score (nSPS) is 9.79. The summed E-state index contributed by atoms with van der Waals surface area (Å²) in [5, 5.41) is 11.8. The number of benzene rings is 1. The summed E-state index contributed by atoms with van der Waals surface area (Å²) in [7, 11) is 3.15. The fraction of sp³-hybridized carbons (Fsp3) is 0.154. The van der Waals surface area contributed by atoms with E-state index in [2.05, 4.69) is 15.3 Å². The largest absolute Gasteiger partial charge is 0.496 e. The second-order valence-electron chi connectivity index (χ2n) is 3.67. The Kier molecular flexibility index (Phi) is 3.57. The molecule has 5 nitrogen and oxygen atoms in total. The highest BCUT2D eigenvalue weighted by Crippen LogP contribution is 2.28. The third-order valence-electron chi connectivity index (χ3n) is 2.50. The Morgan fingerprint density at radius 1 is 1.32 bits per heavy atom. The molecule has 0 spiro atoms. The molecule has 1 aromatic carbocycles. The van der Waals surface area contributed by atoms with Crippen LogP contribution in [0.1, 0.15) is 5.69 Å². The summed E-state index contributed by atoms with van der Waals surface area (Å²) in [5.74, 6) is 0.735. The third-order valence-corrected chi connectivity index (χ3v) is 2.50. The molecule has 6 heteroatoms. The van der Waals surface area contributed by atoms with Crippen molar-refractivity contribution in [3.63, 3.8) is 0 Å². The van der Waals surface area contributed by atoms with Crippen LogP contribution >= 0.6 is 0 Å². The minimum absolute atomic E-state index is 0.195. The van der Waals surface area contributed by atoms with E-state index in [-0.39, 0.29) is 11.5 Å². The van der Waals surface area contributed by atoms with E-state index < -0.39 is 5.82 Å². The molecule has 2 aromatic rings. The van der Waals surface area contributed by atoms with E-state index in [1.54, 1.807) is 7.05 Å². The summed E-state index contributed by atoms with van der Waals surface area (Å²) >= 11 is 0. The fourth-order valence-corrected chi connectivity index (χ4v) is 1.61. The molecule has 1 heterocycles. The molecule has 0 aliphatic carbocycles. The van der Waals surface area contributed by atoms with Gasteiger partial charge in [-0.3, -0.25) is 0 Å². The van der Waals surface area contributed by atoms with Gasteiger partial charge in [-0.2, -0.15) is 5.26 Å². The van der Waals surface area contributed by atoms with Gasteiger partial charge in [0.2, 0.25) is 0 Å². The Morgan fingerprint density at radius 2 is 2.11 bits per heavy atom. The summed E-state index contributed by atoms with van der Waals surface area (Å²) in [5.41, 5.74) is 0.594. The topological polar surface area (TPSA) is 70.8 Å². The van der Waals surface area contributed by atoms with Gasteiger partial charge in [0, 0.05) is 13.1 Å². The van der Waals surface area contributed by atoms with Gasteiger partial charge in [-0.15, -0.1) is 0 Å². The van der Waals surface area contributed by atoms with Crippen LogP contribution < -0.4 is 10.1 Å². The molecule has 96 valence electrons. The number of anilines is 1. The highest BCUT2D eigenvalue weighted by Gasteiger charge is 2.12. The van der Waals surface area contributed by atoms with Gasteiger partial charge in [-0.25, -0.2) is 14.4 Å². The summed E-state index contributed by atoms with van der Waals surface area (Å²) in [6, 6.07) is 7.50. The zero-order valence-electron chi connectivity index (χ0n) is 10.4. The van der Waals surface area contributed by atoms with E-state index in [0.717, 1.165) is 0 Å². The molecule has 0 amide bonds. The van der Waals surface area contributed by atoms with Gasteiger partial charge in [0.05, 0.1) is 12.7 Å². The Bertz CT molecular complexity index is 652. The molecule has 19 heavy (non-hydrogen) atoms. The van der Waals surface area contributed by atoms with E-state index in [9.17, 15) is 4.39 Å². The zero-order valence-corrected chi connectivity index (χ0v) is 10.4. The van der Waals surface area contributed by atoms with Gasteiger partial charge < -0.3 is 10.1 Å². The molecule has 0 aliphatic heterocycles. The molecule has 0 radical (unpaired) electrons. The summed E-state index contributed by atoms with van der Waals surface area (Å²) < 4.78 is 18.5. The highest BCUT2D eigenvalue weighted by molar-refractivity contribution is 5.66. The maximum absolute atomic E-state index is 13.3. The van der Waals surface area contributed by atoms with E-state index in [1.165, 1.54) is 31.4 Å². The van der Waals surface area contributed by atoms with Crippen LogP contribution in [0.2, 0.25) is 0 Å². The summed E-state index contributed by atoms with van der Waals surface area (Å²) in [6.07, 6.45) is 0. The third kappa shape index (κ3) is 2.60. The molecule has 0 bridgehead atoms. The molecule has 0 saturated heterocycles. The van der Waals surface area contributed by atoms with Gasteiger partial charge >= 0.3 is 0 Å². The zero-order chi connectivity index (χ0) is 13.8. The molecule has 1 N–H and O–H groups in total. The van der Waals surface area contributed by atoms with Crippen molar-refractivity contribution in [1.29, 1.82) is 5.26 Å². The van der Waals surface area contributed by atoms with Crippen molar-refractivity contribution in [3.05, 3.63) is 35.8 Å². The van der Waals surface area contributed by atoms with Crippen molar-refractivity contribution in [2.75, 3.05) is 19.5 Å². The SMILES string of the molecule is CNc1cc(C#N)nc(-c2cc(F)ccc2OC)n1. The average Bonchev–Trinajstić information content (AvgIpc) is 2.46. The summed E-state index contributed by atoms with van der Waals surface area (Å²) in [6.45, 7) is 0. The first kappa shape index (κ1) is 12.8. The number of halogens is 1. The first-order valence-corrected chi connectivity index (χ1v) is 5.48. The number of nitrogens with zero attached hydrogens (tertiary/aromatic N) is 3. The van der Waals surface area contributed by atoms with Gasteiger partial charge in [0.1, 0.15) is 29.1 Å². The lowest BCUT2D eigenvalue weighted by molar-refractivity contribution is 0.415. The number of hydrogen-bond acceptors (Lipinski definition) is 5. The molecule has 0 aliphatic rings. The van der Waals surface area contributed by atoms with Crippen molar-refractivity contribution in [1.82, 2.24) is 9.97 Å². The van der Waals surface area contributed by atoms with Gasteiger partial charge in [0.15, 0.2) is 5.82 Å².